The van der Waals surface area contributed by atoms with E-state index in [9.17, 15) is 9.59 Å². The Hall–Kier alpha value is -2.82. The third-order valence-corrected chi connectivity index (χ3v) is 3.56. The predicted octanol–water partition coefficient (Wildman–Crippen LogP) is 2.62. The van der Waals surface area contributed by atoms with Crippen molar-refractivity contribution in [1.82, 2.24) is 4.57 Å². The molecular weight excluding hydrogens is 280 g/mol. The summed E-state index contributed by atoms with van der Waals surface area (Å²) >= 11 is 0. The minimum absolute atomic E-state index is 0.100. The zero-order valence-electron chi connectivity index (χ0n) is 12.4. The van der Waals surface area contributed by atoms with Crippen LogP contribution in [0.4, 0.5) is 5.69 Å². The second-order valence-corrected chi connectivity index (χ2v) is 5.32. The summed E-state index contributed by atoms with van der Waals surface area (Å²) in [4.78, 5) is 23.5. The molecule has 1 heterocycles. The van der Waals surface area contributed by atoms with Crippen LogP contribution in [0.25, 0.3) is 11.1 Å². The number of amides is 1. The van der Waals surface area contributed by atoms with Crippen LogP contribution >= 0.6 is 0 Å². The van der Waals surface area contributed by atoms with Crippen molar-refractivity contribution in [3.05, 3.63) is 64.1 Å². The lowest BCUT2D eigenvalue weighted by Gasteiger charge is -2.06. The highest BCUT2D eigenvalue weighted by Gasteiger charge is 2.09. The molecule has 0 aliphatic rings. The van der Waals surface area contributed by atoms with E-state index in [1.54, 1.807) is 25.2 Å². The van der Waals surface area contributed by atoms with E-state index < -0.39 is 5.76 Å². The molecule has 0 aliphatic carbocycles. The highest BCUT2D eigenvalue weighted by Crippen LogP contribution is 2.15. The largest absolute Gasteiger partial charge is 0.419 e. The number of oxazole rings is 1. The molecule has 0 spiro atoms. The standard InChI is InChI=1S/C17H16N2O3/c1-11-3-6-13(7-4-11)18-16(20)10-12-5-8-15-14(9-12)19(2)17(21)22-15/h3-9H,10H2,1-2H3,(H,18,20). The maximum Gasteiger partial charge on any atom is 0.419 e. The van der Waals surface area contributed by atoms with E-state index in [0.29, 0.717) is 11.1 Å². The first-order valence-corrected chi connectivity index (χ1v) is 6.98. The Labute approximate surface area is 127 Å². The molecule has 0 atom stereocenters. The van der Waals surface area contributed by atoms with Crippen molar-refractivity contribution in [2.24, 2.45) is 7.05 Å². The molecule has 5 nitrogen and oxygen atoms in total. The van der Waals surface area contributed by atoms with Gasteiger partial charge in [-0.15, -0.1) is 0 Å². The number of hydrogen-bond donors (Lipinski definition) is 1. The van der Waals surface area contributed by atoms with Gasteiger partial charge in [0.1, 0.15) is 0 Å². The van der Waals surface area contributed by atoms with Crippen LogP contribution in [0.15, 0.2) is 51.7 Å². The molecule has 3 aromatic rings. The van der Waals surface area contributed by atoms with Gasteiger partial charge in [-0.25, -0.2) is 4.79 Å². The van der Waals surface area contributed by atoms with Gasteiger partial charge >= 0.3 is 5.76 Å². The molecular formula is C17H16N2O3. The first kappa shape index (κ1) is 14.1. The summed E-state index contributed by atoms with van der Waals surface area (Å²) in [6, 6.07) is 12.9. The van der Waals surface area contributed by atoms with Crippen molar-refractivity contribution in [3.8, 4) is 0 Å². The van der Waals surface area contributed by atoms with Crippen LogP contribution in [0.3, 0.4) is 0 Å². The van der Waals surface area contributed by atoms with Gasteiger partial charge in [0.15, 0.2) is 5.58 Å². The first-order valence-electron chi connectivity index (χ1n) is 6.98. The van der Waals surface area contributed by atoms with Gasteiger partial charge in [0, 0.05) is 12.7 Å². The Morgan fingerprint density at radius 3 is 2.64 bits per heavy atom. The van der Waals surface area contributed by atoms with Gasteiger partial charge in [0.25, 0.3) is 0 Å². The fourth-order valence-electron chi connectivity index (χ4n) is 2.31. The van der Waals surface area contributed by atoms with Gasteiger partial charge < -0.3 is 9.73 Å². The molecule has 5 heteroatoms. The molecule has 3 rings (SSSR count). The summed E-state index contributed by atoms with van der Waals surface area (Å²) in [5, 5.41) is 2.85. The van der Waals surface area contributed by atoms with Crippen molar-refractivity contribution >= 4 is 22.7 Å². The molecule has 112 valence electrons. The second kappa shape index (κ2) is 5.52. The molecule has 1 aromatic heterocycles. The molecule has 2 aromatic carbocycles. The van der Waals surface area contributed by atoms with E-state index in [2.05, 4.69) is 5.32 Å². The lowest BCUT2D eigenvalue weighted by atomic mass is 10.1. The number of hydrogen-bond acceptors (Lipinski definition) is 3. The minimum Gasteiger partial charge on any atom is -0.408 e. The average Bonchev–Trinajstić information content (AvgIpc) is 2.77. The average molecular weight is 296 g/mol. The molecule has 0 saturated carbocycles. The number of benzene rings is 2. The number of carbonyl (C=O) groups excluding carboxylic acids is 1. The Kier molecular flexibility index (Phi) is 3.55. The van der Waals surface area contributed by atoms with Crippen molar-refractivity contribution < 1.29 is 9.21 Å². The maximum absolute atomic E-state index is 12.1. The maximum atomic E-state index is 12.1. The molecule has 0 bridgehead atoms. The zero-order chi connectivity index (χ0) is 15.7. The third kappa shape index (κ3) is 2.79. The molecule has 22 heavy (non-hydrogen) atoms. The van der Waals surface area contributed by atoms with E-state index in [1.165, 1.54) is 4.57 Å². The molecule has 1 amide bonds. The topological polar surface area (TPSA) is 64.2 Å². The Morgan fingerprint density at radius 2 is 1.91 bits per heavy atom. The highest BCUT2D eigenvalue weighted by molar-refractivity contribution is 5.92. The minimum atomic E-state index is -0.406. The normalized spacial score (nSPS) is 10.8. The highest BCUT2D eigenvalue weighted by atomic mass is 16.4. The number of nitrogens with one attached hydrogen (secondary N) is 1. The summed E-state index contributed by atoms with van der Waals surface area (Å²) in [6.07, 6.45) is 0.239. The van der Waals surface area contributed by atoms with Crippen molar-refractivity contribution in [2.45, 2.75) is 13.3 Å². The van der Waals surface area contributed by atoms with E-state index in [0.717, 1.165) is 16.8 Å². The number of fused-ring (bicyclic) bond motifs is 1. The monoisotopic (exact) mass is 296 g/mol. The van der Waals surface area contributed by atoms with E-state index >= 15 is 0 Å². The third-order valence-electron chi connectivity index (χ3n) is 3.56. The van der Waals surface area contributed by atoms with E-state index in [1.807, 2.05) is 31.2 Å². The van der Waals surface area contributed by atoms with Crippen molar-refractivity contribution in [2.75, 3.05) is 5.32 Å². The van der Waals surface area contributed by atoms with Crippen molar-refractivity contribution in [3.63, 3.8) is 0 Å². The smallest absolute Gasteiger partial charge is 0.408 e. The molecule has 0 unspecified atom stereocenters. The second-order valence-electron chi connectivity index (χ2n) is 5.32. The summed E-state index contributed by atoms with van der Waals surface area (Å²) in [5.41, 5.74) is 3.95. The van der Waals surface area contributed by atoms with Gasteiger partial charge in [-0.1, -0.05) is 23.8 Å². The molecule has 0 aliphatic heterocycles. The van der Waals surface area contributed by atoms with Gasteiger partial charge in [0.2, 0.25) is 5.91 Å². The van der Waals surface area contributed by atoms with Gasteiger partial charge in [-0.3, -0.25) is 9.36 Å². The molecule has 0 radical (unpaired) electrons. The van der Waals surface area contributed by atoms with Crippen LogP contribution in [-0.4, -0.2) is 10.5 Å². The van der Waals surface area contributed by atoms with Crippen LogP contribution in [0.2, 0.25) is 0 Å². The van der Waals surface area contributed by atoms with E-state index in [4.69, 9.17) is 4.42 Å². The van der Waals surface area contributed by atoms with Gasteiger partial charge in [0.05, 0.1) is 11.9 Å². The number of aromatic nitrogens is 1. The quantitative estimate of drug-likeness (QED) is 0.808. The van der Waals surface area contributed by atoms with Crippen LogP contribution in [0, 0.1) is 6.92 Å². The predicted molar refractivity (Wildman–Crippen MR) is 85.0 cm³/mol. The summed E-state index contributed by atoms with van der Waals surface area (Å²) < 4.78 is 6.50. The van der Waals surface area contributed by atoms with E-state index in [-0.39, 0.29) is 12.3 Å². The first-order chi connectivity index (χ1) is 10.5. The number of aryl methyl sites for hydroxylation is 2. The lowest BCUT2D eigenvalue weighted by Crippen LogP contribution is -2.14. The fraction of sp³-hybridized carbons (Fsp3) is 0.176. The molecule has 1 N–H and O–H groups in total. The zero-order valence-corrected chi connectivity index (χ0v) is 12.4. The Balaban J connectivity index is 1.77. The SMILES string of the molecule is Cc1ccc(NC(=O)Cc2ccc3oc(=O)n(C)c3c2)cc1. The summed E-state index contributed by atoms with van der Waals surface area (Å²) in [7, 11) is 1.64. The Morgan fingerprint density at radius 1 is 1.18 bits per heavy atom. The fourth-order valence-corrected chi connectivity index (χ4v) is 2.31. The number of carbonyl (C=O) groups is 1. The summed E-state index contributed by atoms with van der Waals surface area (Å²) in [5.74, 6) is -0.507. The summed E-state index contributed by atoms with van der Waals surface area (Å²) in [6.45, 7) is 2.00. The van der Waals surface area contributed by atoms with Crippen molar-refractivity contribution in [1.29, 1.82) is 0 Å². The number of nitrogens with zero attached hydrogens (tertiary/aromatic N) is 1. The van der Waals surface area contributed by atoms with Crippen LogP contribution < -0.4 is 11.1 Å². The van der Waals surface area contributed by atoms with Crippen LogP contribution in [0.5, 0.6) is 0 Å². The number of rotatable bonds is 3. The molecule has 0 fully saturated rings. The van der Waals surface area contributed by atoms with Gasteiger partial charge in [-0.2, -0.15) is 0 Å². The Bertz CT molecular complexity index is 888. The van der Waals surface area contributed by atoms with Crippen LogP contribution in [-0.2, 0) is 18.3 Å². The van der Waals surface area contributed by atoms with Gasteiger partial charge in [-0.05, 0) is 36.8 Å². The van der Waals surface area contributed by atoms with Crippen LogP contribution in [0.1, 0.15) is 11.1 Å². The lowest BCUT2D eigenvalue weighted by molar-refractivity contribution is -0.115. The number of anilines is 1. The molecule has 0 saturated heterocycles.